The molecule has 1 saturated carbocycles. The van der Waals surface area contributed by atoms with E-state index in [0.29, 0.717) is 6.04 Å². The lowest BCUT2D eigenvalue weighted by Gasteiger charge is -2.16. The summed E-state index contributed by atoms with van der Waals surface area (Å²) in [5.74, 6) is 1.77. The largest absolute Gasteiger partial charge is 0.385 e. The van der Waals surface area contributed by atoms with Crippen molar-refractivity contribution in [2.45, 2.75) is 119 Å². The van der Waals surface area contributed by atoms with Gasteiger partial charge in [0.15, 0.2) is 0 Å². The van der Waals surface area contributed by atoms with Crippen LogP contribution < -0.4 is 10.6 Å². The molecule has 0 aromatic heterocycles. The van der Waals surface area contributed by atoms with Crippen LogP contribution in [0.4, 0.5) is 0 Å². The van der Waals surface area contributed by atoms with E-state index in [1.54, 1.807) is 13.3 Å². The molecule has 0 amide bonds. The maximum Gasteiger partial charge on any atom is 0.0594 e. The molecule has 1 rings (SSSR count). The van der Waals surface area contributed by atoms with Crippen molar-refractivity contribution in [3.63, 3.8) is 0 Å². The van der Waals surface area contributed by atoms with Crippen molar-refractivity contribution in [2.24, 2.45) is 11.8 Å². The predicted molar refractivity (Wildman–Crippen MR) is 157 cm³/mol. The first-order chi connectivity index (χ1) is 15.5. The molecule has 1 unspecified atom stereocenters. The molecule has 0 spiro atoms. The third-order valence-corrected chi connectivity index (χ3v) is 4.77. The van der Waals surface area contributed by atoms with Crippen LogP contribution in [0.3, 0.4) is 0 Å². The van der Waals surface area contributed by atoms with Crippen LogP contribution in [-0.2, 0) is 4.74 Å². The van der Waals surface area contributed by atoms with Crippen LogP contribution in [0, 0.1) is 11.8 Å². The summed E-state index contributed by atoms with van der Waals surface area (Å²) in [5, 5.41) is 6.68. The van der Waals surface area contributed by atoms with Crippen molar-refractivity contribution >= 4 is 0 Å². The summed E-state index contributed by atoms with van der Waals surface area (Å²) in [7, 11) is 1.71. The number of ether oxygens (including phenoxy) is 1. The fourth-order valence-electron chi connectivity index (χ4n) is 2.34. The highest BCUT2D eigenvalue weighted by Crippen LogP contribution is 2.20. The van der Waals surface area contributed by atoms with E-state index < -0.39 is 0 Å². The van der Waals surface area contributed by atoms with Crippen LogP contribution in [0.2, 0.25) is 0 Å². The molecule has 2 N–H and O–H groups in total. The van der Waals surface area contributed by atoms with Gasteiger partial charge in [-0.15, -0.1) is 26.3 Å². The second kappa shape index (κ2) is 30.7. The number of rotatable bonds is 10. The highest BCUT2D eigenvalue weighted by Gasteiger charge is 2.21. The average molecular weight is 469 g/mol. The third kappa shape index (κ3) is 41.4. The van der Waals surface area contributed by atoms with Crippen LogP contribution in [0.1, 0.15) is 101 Å². The molecule has 200 valence electrons. The first kappa shape index (κ1) is 41.9. The van der Waals surface area contributed by atoms with E-state index in [2.05, 4.69) is 77.8 Å². The molecule has 0 saturated heterocycles. The lowest BCUT2D eigenvalue weighted by Crippen LogP contribution is -2.24. The van der Waals surface area contributed by atoms with Gasteiger partial charge in [0.2, 0.25) is 0 Å². The topological polar surface area (TPSA) is 33.3 Å². The van der Waals surface area contributed by atoms with Gasteiger partial charge in [-0.1, -0.05) is 66.7 Å². The fraction of sp³-hybridized carbons (Fsp3) is 0.733. The molecule has 3 heteroatoms. The summed E-state index contributed by atoms with van der Waals surface area (Å²) >= 11 is 0. The van der Waals surface area contributed by atoms with Crippen molar-refractivity contribution in [3.05, 3.63) is 51.2 Å². The number of hydrogen-bond donors (Lipinski definition) is 2. The average Bonchev–Trinajstić information content (AvgIpc) is 3.65. The molecule has 0 radical (unpaired) electrons. The maximum atomic E-state index is 4.94. The first-order valence-electron chi connectivity index (χ1n) is 12.8. The highest BCUT2D eigenvalue weighted by atomic mass is 16.5. The normalized spacial score (nSPS) is 14.0. The Morgan fingerprint density at radius 2 is 1.42 bits per heavy atom. The number of hydrogen-bond acceptors (Lipinski definition) is 3. The number of nitrogens with one attached hydrogen (secondary N) is 2. The molecule has 0 aromatic rings. The van der Waals surface area contributed by atoms with Crippen LogP contribution in [0.25, 0.3) is 0 Å². The standard InChI is InChI=1S/C11H23N.C8H15N.C5H12O.C2H6.2C2H4/c1-4-9(2)7-10(3)8-12-11-5-6-11;1-5-8(7(3)4)9-6-2;1-5(2,3)6-4;3*1-2/h9-12H,4-8H2,1-3H3;6,8-9H,2-3,5H2,1,4H3;1-4H3;1-2H3;2*1-2H2/t9-,10?;8-;;;;/m00..../s1. The van der Waals surface area contributed by atoms with E-state index >= 15 is 0 Å². The Balaban J connectivity index is -0.000000111. The van der Waals surface area contributed by atoms with Crippen molar-refractivity contribution in [1.29, 1.82) is 0 Å². The molecule has 1 fully saturated rings. The minimum Gasteiger partial charge on any atom is -0.385 e. The summed E-state index contributed by atoms with van der Waals surface area (Å²) in [4.78, 5) is 0. The summed E-state index contributed by atoms with van der Waals surface area (Å²) in [6.45, 7) is 41.8. The minimum absolute atomic E-state index is 0.0417. The van der Waals surface area contributed by atoms with Gasteiger partial charge in [-0.05, 0) is 78.0 Å². The van der Waals surface area contributed by atoms with E-state index in [1.807, 2.05) is 41.5 Å². The summed E-state index contributed by atoms with van der Waals surface area (Å²) in [6, 6.07) is 1.28. The zero-order chi connectivity index (χ0) is 27.5. The summed E-state index contributed by atoms with van der Waals surface area (Å²) in [5.41, 5.74) is 1.21. The zero-order valence-corrected chi connectivity index (χ0v) is 24.8. The lowest BCUT2D eigenvalue weighted by molar-refractivity contribution is 0.0397. The molecule has 33 heavy (non-hydrogen) atoms. The molecule has 0 bridgehead atoms. The molecular weight excluding hydrogens is 404 g/mol. The molecule has 0 aromatic carbocycles. The monoisotopic (exact) mass is 469 g/mol. The van der Waals surface area contributed by atoms with E-state index in [9.17, 15) is 0 Å². The molecule has 1 aliphatic carbocycles. The molecule has 3 nitrogen and oxygen atoms in total. The molecule has 1 aliphatic rings. The molecule has 0 aliphatic heterocycles. The van der Waals surface area contributed by atoms with Gasteiger partial charge in [-0.3, -0.25) is 0 Å². The Kier molecular flexibility index (Phi) is 38.9. The van der Waals surface area contributed by atoms with Gasteiger partial charge in [-0.25, -0.2) is 0 Å². The Morgan fingerprint density at radius 1 is 1.00 bits per heavy atom. The second-order valence-electron chi connectivity index (χ2n) is 9.03. The molecule has 0 heterocycles. The Hall–Kier alpha value is -1.32. The van der Waals surface area contributed by atoms with Gasteiger partial charge in [0.1, 0.15) is 0 Å². The predicted octanol–water partition coefficient (Wildman–Crippen LogP) is 8.95. The van der Waals surface area contributed by atoms with Crippen LogP contribution in [0.15, 0.2) is 51.2 Å². The third-order valence-electron chi connectivity index (χ3n) is 4.77. The fourth-order valence-corrected chi connectivity index (χ4v) is 2.34. The number of methoxy groups -OCH3 is 1. The van der Waals surface area contributed by atoms with Gasteiger partial charge in [0.25, 0.3) is 0 Å². The Bertz CT molecular complexity index is 395. The first-order valence-corrected chi connectivity index (χ1v) is 12.8. The lowest BCUT2D eigenvalue weighted by atomic mass is 9.95. The maximum absolute atomic E-state index is 4.94. The molecular formula is C30H64N2O. The Morgan fingerprint density at radius 3 is 1.64 bits per heavy atom. The van der Waals surface area contributed by atoms with Gasteiger partial charge in [-0.2, -0.15) is 0 Å². The Labute approximate surface area is 211 Å². The minimum atomic E-state index is 0.0417. The van der Waals surface area contributed by atoms with E-state index in [4.69, 9.17) is 4.74 Å². The summed E-state index contributed by atoms with van der Waals surface area (Å²) < 4.78 is 4.94. The van der Waals surface area contributed by atoms with E-state index in [-0.39, 0.29) is 5.60 Å². The quantitative estimate of drug-likeness (QED) is 0.314. The SMILES string of the molecule is C=C.C=C.C=CN[C@@H](CC)C(=C)C.CC.CC[C@H](C)CC(C)CNC1CC1.COC(C)(C)C. The van der Waals surface area contributed by atoms with Crippen molar-refractivity contribution in [3.8, 4) is 0 Å². The molecule has 3 atom stereocenters. The second-order valence-corrected chi connectivity index (χ2v) is 9.03. The van der Waals surface area contributed by atoms with Crippen LogP contribution in [-0.4, -0.2) is 31.3 Å². The van der Waals surface area contributed by atoms with E-state index in [1.165, 1.54) is 32.2 Å². The van der Waals surface area contributed by atoms with Crippen molar-refractivity contribution < 1.29 is 4.74 Å². The highest BCUT2D eigenvalue weighted by molar-refractivity contribution is 5.02. The smallest absolute Gasteiger partial charge is 0.0594 e. The van der Waals surface area contributed by atoms with Crippen molar-refractivity contribution in [1.82, 2.24) is 10.6 Å². The van der Waals surface area contributed by atoms with Gasteiger partial charge >= 0.3 is 0 Å². The zero-order valence-electron chi connectivity index (χ0n) is 24.8. The van der Waals surface area contributed by atoms with Gasteiger partial charge < -0.3 is 15.4 Å². The van der Waals surface area contributed by atoms with Gasteiger partial charge in [0.05, 0.1) is 5.60 Å². The van der Waals surface area contributed by atoms with Crippen LogP contribution in [0.5, 0.6) is 0 Å². The summed E-state index contributed by atoms with van der Waals surface area (Å²) in [6.07, 6.45) is 8.32. The van der Waals surface area contributed by atoms with Gasteiger partial charge in [0, 0.05) is 19.2 Å². The van der Waals surface area contributed by atoms with Crippen LogP contribution >= 0.6 is 0 Å². The van der Waals surface area contributed by atoms with Crippen molar-refractivity contribution in [2.75, 3.05) is 13.7 Å². The van der Waals surface area contributed by atoms with E-state index in [0.717, 1.165) is 29.9 Å².